The molecule has 1 aliphatic heterocycles. The van der Waals surface area contributed by atoms with Gasteiger partial charge >= 0.3 is 5.97 Å². The van der Waals surface area contributed by atoms with Crippen molar-refractivity contribution in [2.24, 2.45) is 11.8 Å². The number of nitrogens with zero attached hydrogens (tertiary/aromatic N) is 1. The van der Waals surface area contributed by atoms with Crippen LogP contribution in [-0.2, 0) is 9.59 Å². The zero-order valence-corrected chi connectivity index (χ0v) is 9.40. The van der Waals surface area contributed by atoms with Gasteiger partial charge < -0.3 is 10.0 Å². The monoisotopic (exact) mass is 213 g/mol. The number of aliphatic carboxylic acids is 1. The number of carbonyl (C=O) groups excluding carboxylic acids is 1. The van der Waals surface area contributed by atoms with E-state index in [1.54, 1.807) is 4.90 Å². The molecule has 1 fully saturated rings. The Balaban J connectivity index is 2.46. The van der Waals surface area contributed by atoms with Gasteiger partial charge in [0.2, 0.25) is 5.91 Å². The highest BCUT2D eigenvalue weighted by molar-refractivity contribution is 5.80. The molecular weight excluding hydrogens is 194 g/mol. The second kappa shape index (κ2) is 5.14. The molecule has 1 saturated heterocycles. The van der Waals surface area contributed by atoms with Crippen molar-refractivity contribution in [2.45, 2.75) is 33.1 Å². The van der Waals surface area contributed by atoms with Crippen molar-refractivity contribution in [3.63, 3.8) is 0 Å². The first kappa shape index (κ1) is 12.0. The molecule has 0 aromatic heterocycles. The SMILES string of the molecule is CCCC(C)C(=O)N1CCC(C(=O)O)C1. The number of hydrogen-bond acceptors (Lipinski definition) is 2. The topological polar surface area (TPSA) is 57.6 Å². The van der Waals surface area contributed by atoms with Crippen molar-refractivity contribution in [2.75, 3.05) is 13.1 Å². The lowest BCUT2D eigenvalue weighted by Gasteiger charge is -2.20. The molecule has 1 amide bonds. The standard InChI is InChI=1S/C11H19NO3/c1-3-4-8(2)10(13)12-6-5-9(7-12)11(14)15/h8-9H,3-7H2,1-2H3,(H,14,15). The molecule has 4 nitrogen and oxygen atoms in total. The van der Waals surface area contributed by atoms with Crippen LogP contribution in [0.4, 0.5) is 0 Å². The summed E-state index contributed by atoms with van der Waals surface area (Å²) in [5, 5.41) is 8.82. The molecule has 2 unspecified atom stereocenters. The number of carbonyl (C=O) groups is 2. The quantitative estimate of drug-likeness (QED) is 0.767. The smallest absolute Gasteiger partial charge is 0.308 e. The summed E-state index contributed by atoms with van der Waals surface area (Å²) >= 11 is 0. The van der Waals surface area contributed by atoms with E-state index in [0.717, 1.165) is 12.8 Å². The molecular formula is C11H19NO3. The summed E-state index contributed by atoms with van der Waals surface area (Å²) in [5.74, 6) is -1.00. The Hall–Kier alpha value is -1.06. The van der Waals surface area contributed by atoms with Crippen LogP contribution in [0.25, 0.3) is 0 Å². The van der Waals surface area contributed by atoms with E-state index in [9.17, 15) is 9.59 Å². The van der Waals surface area contributed by atoms with Crippen molar-refractivity contribution in [3.05, 3.63) is 0 Å². The first-order valence-corrected chi connectivity index (χ1v) is 5.57. The molecule has 4 heteroatoms. The minimum absolute atomic E-state index is 0.0301. The molecule has 1 aliphatic rings. The molecule has 0 spiro atoms. The van der Waals surface area contributed by atoms with E-state index in [-0.39, 0.29) is 17.7 Å². The number of carboxylic acids is 1. The van der Waals surface area contributed by atoms with Gasteiger partial charge in [-0.05, 0) is 12.8 Å². The van der Waals surface area contributed by atoms with Crippen LogP contribution in [0.2, 0.25) is 0 Å². The summed E-state index contributed by atoms with van der Waals surface area (Å²) in [6.45, 7) is 4.96. The van der Waals surface area contributed by atoms with E-state index in [1.165, 1.54) is 0 Å². The molecule has 1 N–H and O–H groups in total. The van der Waals surface area contributed by atoms with Gasteiger partial charge in [0.1, 0.15) is 0 Å². The van der Waals surface area contributed by atoms with Crippen LogP contribution in [0.3, 0.4) is 0 Å². The average molecular weight is 213 g/mol. The van der Waals surface area contributed by atoms with E-state index in [2.05, 4.69) is 0 Å². The Bertz CT molecular complexity index is 252. The first-order chi connectivity index (χ1) is 7.06. The fourth-order valence-electron chi connectivity index (χ4n) is 2.03. The van der Waals surface area contributed by atoms with Gasteiger partial charge in [-0.3, -0.25) is 9.59 Å². The van der Waals surface area contributed by atoms with E-state index in [4.69, 9.17) is 5.11 Å². The minimum Gasteiger partial charge on any atom is -0.481 e. The largest absolute Gasteiger partial charge is 0.481 e. The lowest BCUT2D eigenvalue weighted by atomic mass is 10.0. The summed E-state index contributed by atoms with van der Waals surface area (Å²) in [4.78, 5) is 24.3. The highest BCUT2D eigenvalue weighted by atomic mass is 16.4. The van der Waals surface area contributed by atoms with Crippen LogP contribution in [0, 0.1) is 11.8 Å². The zero-order chi connectivity index (χ0) is 11.4. The maximum absolute atomic E-state index is 11.8. The van der Waals surface area contributed by atoms with Gasteiger partial charge in [-0.1, -0.05) is 20.3 Å². The van der Waals surface area contributed by atoms with Crippen LogP contribution in [0.15, 0.2) is 0 Å². The fourth-order valence-corrected chi connectivity index (χ4v) is 2.03. The van der Waals surface area contributed by atoms with Crippen molar-refractivity contribution in [1.82, 2.24) is 4.90 Å². The van der Waals surface area contributed by atoms with Crippen LogP contribution in [0.1, 0.15) is 33.1 Å². The zero-order valence-electron chi connectivity index (χ0n) is 9.40. The van der Waals surface area contributed by atoms with Crippen molar-refractivity contribution >= 4 is 11.9 Å². The fraction of sp³-hybridized carbons (Fsp3) is 0.818. The molecule has 86 valence electrons. The Labute approximate surface area is 90.3 Å². The van der Waals surface area contributed by atoms with Crippen LogP contribution < -0.4 is 0 Å². The van der Waals surface area contributed by atoms with E-state index in [1.807, 2.05) is 13.8 Å². The first-order valence-electron chi connectivity index (χ1n) is 5.57. The average Bonchev–Trinajstić information content (AvgIpc) is 2.65. The van der Waals surface area contributed by atoms with Gasteiger partial charge in [-0.25, -0.2) is 0 Å². The number of rotatable bonds is 4. The summed E-state index contributed by atoms with van der Waals surface area (Å²) < 4.78 is 0. The highest BCUT2D eigenvalue weighted by Gasteiger charge is 2.32. The number of amides is 1. The molecule has 0 aliphatic carbocycles. The molecule has 0 saturated carbocycles. The van der Waals surface area contributed by atoms with E-state index < -0.39 is 5.97 Å². The Morgan fingerprint density at radius 3 is 2.67 bits per heavy atom. The van der Waals surface area contributed by atoms with Gasteiger partial charge in [0.25, 0.3) is 0 Å². The summed E-state index contributed by atoms with van der Waals surface area (Å²) in [6, 6.07) is 0. The van der Waals surface area contributed by atoms with Gasteiger partial charge in [-0.2, -0.15) is 0 Å². The Morgan fingerprint density at radius 2 is 2.20 bits per heavy atom. The summed E-state index contributed by atoms with van der Waals surface area (Å²) in [6.07, 6.45) is 2.47. The summed E-state index contributed by atoms with van der Waals surface area (Å²) in [5.41, 5.74) is 0. The lowest BCUT2D eigenvalue weighted by Crippen LogP contribution is -2.34. The van der Waals surface area contributed by atoms with Gasteiger partial charge in [0.05, 0.1) is 5.92 Å². The van der Waals surface area contributed by atoms with E-state index in [0.29, 0.717) is 19.5 Å². The molecule has 15 heavy (non-hydrogen) atoms. The van der Waals surface area contributed by atoms with Crippen LogP contribution in [0.5, 0.6) is 0 Å². The Kier molecular flexibility index (Phi) is 4.12. The molecule has 0 radical (unpaired) electrons. The van der Waals surface area contributed by atoms with Crippen molar-refractivity contribution in [3.8, 4) is 0 Å². The van der Waals surface area contributed by atoms with Gasteiger partial charge in [0.15, 0.2) is 0 Å². The molecule has 1 heterocycles. The second-order valence-corrected chi connectivity index (χ2v) is 4.30. The normalized spacial score (nSPS) is 22.8. The second-order valence-electron chi connectivity index (χ2n) is 4.30. The van der Waals surface area contributed by atoms with Gasteiger partial charge in [-0.15, -0.1) is 0 Å². The molecule has 1 rings (SSSR count). The summed E-state index contributed by atoms with van der Waals surface area (Å²) in [7, 11) is 0. The van der Waals surface area contributed by atoms with Crippen LogP contribution in [-0.4, -0.2) is 35.0 Å². The number of likely N-dealkylation sites (tertiary alicyclic amines) is 1. The third-order valence-electron chi connectivity index (χ3n) is 2.99. The number of carboxylic acid groups (broad SMARTS) is 1. The molecule has 0 aromatic carbocycles. The minimum atomic E-state index is -0.784. The third kappa shape index (κ3) is 2.94. The van der Waals surface area contributed by atoms with Crippen molar-refractivity contribution < 1.29 is 14.7 Å². The highest BCUT2D eigenvalue weighted by Crippen LogP contribution is 2.20. The molecule has 0 aromatic rings. The third-order valence-corrected chi connectivity index (χ3v) is 2.99. The predicted molar refractivity (Wildman–Crippen MR) is 56.4 cm³/mol. The van der Waals surface area contributed by atoms with E-state index >= 15 is 0 Å². The maximum atomic E-state index is 11.8. The van der Waals surface area contributed by atoms with Crippen molar-refractivity contribution in [1.29, 1.82) is 0 Å². The Morgan fingerprint density at radius 1 is 1.53 bits per heavy atom. The maximum Gasteiger partial charge on any atom is 0.308 e. The number of hydrogen-bond donors (Lipinski definition) is 1. The molecule has 0 bridgehead atoms. The van der Waals surface area contributed by atoms with Gasteiger partial charge in [0, 0.05) is 19.0 Å². The van der Waals surface area contributed by atoms with Crippen LogP contribution >= 0.6 is 0 Å². The predicted octanol–water partition coefficient (Wildman–Crippen LogP) is 1.36. The molecule has 2 atom stereocenters. The lowest BCUT2D eigenvalue weighted by molar-refractivity contribution is -0.141.